The summed E-state index contributed by atoms with van der Waals surface area (Å²) in [6.07, 6.45) is 1.99. The molecule has 1 spiro atoms. The number of hydrogen-bond acceptors (Lipinski definition) is 7. The van der Waals surface area contributed by atoms with E-state index in [1.54, 1.807) is 21.9 Å². The number of hydrogen-bond donors (Lipinski definition) is 0. The van der Waals surface area contributed by atoms with Crippen molar-refractivity contribution < 1.29 is 28.7 Å². The normalized spacial score (nSPS) is 21.4. The first-order chi connectivity index (χ1) is 21.9. The highest BCUT2D eigenvalue weighted by Crippen LogP contribution is 2.48. The molecule has 0 N–H and O–H groups in total. The second-order valence-corrected chi connectivity index (χ2v) is 20.2. The lowest BCUT2D eigenvalue weighted by atomic mass is 9.73. The van der Waals surface area contributed by atoms with Crippen LogP contribution in [0.4, 0.5) is 5.69 Å². The van der Waals surface area contributed by atoms with Gasteiger partial charge >= 0.3 is 0 Å². The summed E-state index contributed by atoms with van der Waals surface area (Å²) in [4.78, 5) is 58.5. The largest absolute Gasteiger partial charge is 0.492 e. The molecule has 2 aromatic carbocycles. The number of fused-ring (bicyclic) bond motifs is 3. The fraction of sp³-hybridized carbons (Fsp3) is 0.529. The molecule has 2 aromatic rings. The molecule has 4 aliphatic rings. The third-order valence-electron chi connectivity index (χ3n) is 9.93. The van der Waals surface area contributed by atoms with Gasteiger partial charge in [0.15, 0.2) is 0 Å². The molecule has 12 heteroatoms. The van der Waals surface area contributed by atoms with Crippen molar-refractivity contribution in [3.63, 3.8) is 0 Å². The minimum absolute atomic E-state index is 0.101. The highest BCUT2D eigenvalue weighted by atomic mass is 35.5. The molecule has 4 amide bonds. The van der Waals surface area contributed by atoms with E-state index < -0.39 is 19.5 Å². The van der Waals surface area contributed by atoms with Crippen molar-refractivity contribution in [1.82, 2.24) is 14.7 Å². The molecule has 1 atom stereocenters. The summed E-state index contributed by atoms with van der Waals surface area (Å²) in [6, 6.07) is 11.6. The van der Waals surface area contributed by atoms with Crippen molar-refractivity contribution in [3.05, 3.63) is 58.1 Å². The standard InChI is InChI=1S/C34H43ClN4O6Si/c1-36-30(40)10-9-29(32(36)42)38-21-23-19-25(6-7-26(23)31(38)41)45-16-15-37-13-11-34(12-14-37)27-20-24(35)5-8-28(27)39(33(34)43)22-44-17-18-46(2,3)4/h5-8,19-20,29H,9-18,21-22H2,1-4H3. The number of nitrogens with zero attached hydrogens (tertiary/aromatic N) is 4. The Hall–Kier alpha value is -3.25. The maximum Gasteiger partial charge on any atom is 0.255 e. The molecule has 4 aliphatic heterocycles. The molecule has 2 fully saturated rings. The number of benzene rings is 2. The minimum Gasteiger partial charge on any atom is -0.492 e. The molecule has 0 bridgehead atoms. The third kappa shape index (κ3) is 6.22. The Morgan fingerprint density at radius 1 is 1.00 bits per heavy atom. The molecule has 0 saturated carbocycles. The molecule has 4 heterocycles. The Balaban J connectivity index is 1.03. The summed E-state index contributed by atoms with van der Waals surface area (Å²) in [6.45, 7) is 10.9. The van der Waals surface area contributed by atoms with Gasteiger partial charge in [-0.1, -0.05) is 31.2 Å². The topological polar surface area (TPSA) is 99.7 Å². The van der Waals surface area contributed by atoms with Crippen molar-refractivity contribution in [1.29, 1.82) is 0 Å². The van der Waals surface area contributed by atoms with Gasteiger partial charge < -0.3 is 14.4 Å². The van der Waals surface area contributed by atoms with Gasteiger partial charge in [-0.3, -0.25) is 33.9 Å². The van der Waals surface area contributed by atoms with E-state index in [4.69, 9.17) is 21.1 Å². The van der Waals surface area contributed by atoms with Crippen molar-refractivity contribution >= 4 is 49.0 Å². The number of likely N-dealkylation sites (tertiary alicyclic amines) is 2. The van der Waals surface area contributed by atoms with Crippen LogP contribution in [0.2, 0.25) is 30.7 Å². The van der Waals surface area contributed by atoms with Crippen LogP contribution in [-0.2, 0) is 31.1 Å². The monoisotopic (exact) mass is 666 g/mol. The predicted octanol–water partition coefficient (Wildman–Crippen LogP) is 4.51. The second kappa shape index (κ2) is 12.7. The highest BCUT2D eigenvalue weighted by Gasteiger charge is 2.52. The van der Waals surface area contributed by atoms with E-state index in [1.165, 1.54) is 7.05 Å². The summed E-state index contributed by atoms with van der Waals surface area (Å²) in [5.41, 5.74) is 2.70. The van der Waals surface area contributed by atoms with Crippen LogP contribution < -0.4 is 9.64 Å². The predicted molar refractivity (Wildman–Crippen MR) is 178 cm³/mol. The first kappa shape index (κ1) is 32.7. The highest BCUT2D eigenvalue weighted by molar-refractivity contribution is 6.76. The summed E-state index contributed by atoms with van der Waals surface area (Å²) < 4.78 is 12.1. The third-order valence-corrected chi connectivity index (χ3v) is 11.9. The molecule has 246 valence electrons. The first-order valence-corrected chi connectivity index (χ1v) is 20.3. The van der Waals surface area contributed by atoms with Crippen LogP contribution in [0.25, 0.3) is 0 Å². The number of amides is 4. The van der Waals surface area contributed by atoms with Gasteiger partial charge in [0.25, 0.3) is 11.8 Å². The number of carbonyl (C=O) groups excluding carboxylic acids is 4. The van der Waals surface area contributed by atoms with Crippen LogP contribution in [0.5, 0.6) is 5.75 Å². The smallest absolute Gasteiger partial charge is 0.255 e. The van der Waals surface area contributed by atoms with Crippen LogP contribution in [0.3, 0.4) is 0 Å². The van der Waals surface area contributed by atoms with Crippen molar-refractivity contribution in [2.24, 2.45) is 0 Å². The Morgan fingerprint density at radius 3 is 2.50 bits per heavy atom. The van der Waals surface area contributed by atoms with Gasteiger partial charge in [-0.05, 0) is 85.9 Å². The molecule has 6 rings (SSSR count). The van der Waals surface area contributed by atoms with Gasteiger partial charge in [0.1, 0.15) is 25.1 Å². The zero-order chi connectivity index (χ0) is 32.8. The minimum atomic E-state index is -1.23. The summed E-state index contributed by atoms with van der Waals surface area (Å²) in [5, 5.41) is 0.634. The summed E-state index contributed by atoms with van der Waals surface area (Å²) in [5.74, 6) is 0.0355. The fourth-order valence-electron chi connectivity index (χ4n) is 7.05. The fourth-order valence-corrected chi connectivity index (χ4v) is 7.98. The first-order valence-electron chi connectivity index (χ1n) is 16.2. The lowest BCUT2D eigenvalue weighted by molar-refractivity contribution is -0.150. The number of likely N-dealkylation sites (N-methyl/N-ethyl adjacent to an activating group) is 1. The molecule has 0 aromatic heterocycles. The van der Waals surface area contributed by atoms with Gasteiger partial charge in [0.2, 0.25) is 11.8 Å². The summed E-state index contributed by atoms with van der Waals surface area (Å²) in [7, 11) is 0.240. The number of rotatable bonds is 10. The number of piperidine rings is 2. The van der Waals surface area contributed by atoms with Gasteiger partial charge in [-0.25, -0.2) is 0 Å². The Bertz CT molecular complexity index is 1550. The maximum atomic E-state index is 13.9. The van der Waals surface area contributed by atoms with Crippen LogP contribution in [-0.4, -0.2) is 99.1 Å². The zero-order valence-corrected chi connectivity index (χ0v) is 28.9. The zero-order valence-electron chi connectivity index (χ0n) is 27.1. The average molecular weight is 667 g/mol. The van der Waals surface area contributed by atoms with E-state index in [-0.39, 0.29) is 36.8 Å². The van der Waals surface area contributed by atoms with E-state index in [0.29, 0.717) is 61.9 Å². The quantitative estimate of drug-likeness (QED) is 0.209. The van der Waals surface area contributed by atoms with Crippen LogP contribution in [0.1, 0.15) is 47.2 Å². The SMILES string of the molecule is CN1C(=O)CCC(N2Cc3cc(OCCN4CCC5(CC4)C(=O)N(COCC[Si](C)(C)C)c4ccc(Cl)cc45)ccc3C2=O)C1=O. The van der Waals surface area contributed by atoms with E-state index in [0.717, 1.165) is 40.8 Å². The molecule has 10 nitrogen and oxygen atoms in total. The Labute approximate surface area is 276 Å². The average Bonchev–Trinajstić information content (AvgIpc) is 3.45. The molecular weight excluding hydrogens is 624 g/mol. The van der Waals surface area contributed by atoms with E-state index >= 15 is 0 Å². The number of ether oxygens (including phenoxy) is 2. The van der Waals surface area contributed by atoms with Gasteiger partial charge in [0.05, 0.1) is 11.1 Å². The molecule has 0 aliphatic carbocycles. The number of anilines is 1. The Morgan fingerprint density at radius 2 is 1.76 bits per heavy atom. The lowest BCUT2D eigenvalue weighted by Crippen LogP contribution is -2.53. The van der Waals surface area contributed by atoms with Gasteiger partial charge in [0, 0.05) is 51.8 Å². The molecule has 2 saturated heterocycles. The maximum absolute atomic E-state index is 13.9. The number of carbonyl (C=O) groups is 4. The number of imide groups is 1. The van der Waals surface area contributed by atoms with Crippen molar-refractivity contribution in [3.8, 4) is 5.75 Å². The van der Waals surface area contributed by atoms with Gasteiger partial charge in [-0.15, -0.1) is 0 Å². The summed E-state index contributed by atoms with van der Waals surface area (Å²) >= 11 is 6.43. The van der Waals surface area contributed by atoms with E-state index in [2.05, 4.69) is 24.5 Å². The van der Waals surface area contributed by atoms with E-state index in [9.17, 15) is 19.2 Å². The van der Waals surface area contributed by atoms with Crippen molar-refractivity contribution in [2.45, 2.75) is 69.4 Å². The van der Waals surface area contributed by atoms with Crippen LogP contribution in [0, 0.1) is 0 Å². The van der Waals surface area contributed by atoms with E-state index in [1.807, 2.05) is 24.3 Å². The second-order valence-electron chi connectivity index (χ2n) is 14.1. The molecule has 0 radical (unpaired) electrons. The number of halogens is 1. The Kier molecular flexibility index (Phi) is 9.05. The van der Waals surface area contributed by atoms with Crippen molar-refractivity contribution in [2.75, 3.05) is 51.5 Å². The van der Waals surface area contributed by atoms with Crippen LogP contribution in [0.15, 0.2) is 36.4 Å². The molecular formula is C34H43ClN4O6Si. The molecule has 46 heavy (non-hydrogen) atoms. The van der Waals surface area contributed by atoms with Gasteiger partial charge in [-0.2, -0.15) is 0 Å². The van der Waals surface area contributed by atoms with Crippen LogP contribution >= 0.6 is 11.6 Å². The molecule has 1 unspecified atom stereocenters. The lowest BCUT2D eigenvalue weighted by Gasteiger charge is -2.38.